The topological polar surface area (TPSA) is 46.5 Å². The van der Waals surface area contributed by atoms with Gasteiger partial charge in [0.25, 0.3) is 0 Å². The Morgan fingerprint density at radius 3 is 2.56 bits per heavy atom. The SMILES string of the molecule is CCOC(=O)c1ccc(O)c(C(F)(F)F)c1. The molecule has 1 aromatic rings. The Bertz CT molecular complexity index is 399. The van der Waals surface area contributed by atoms with Crippen LogP contribution in [0.25, 0.3) is 0 Å². The Balaban J connectivity index is 3.13. The molecular formula is C10H9F3O3. The molecule has 0 atom stereocenters. The van der Waals surface area contributed by atoms with E-state index < -0.39 is 23.5 Å². The predicted octanol–water partition coefficient (Wildman–Crippen LogP) is 2.59. The van der Waals surface area contributed by atoms with E-state index in [1.54, 1.807) is 6.92 Å². The molecule has 0 aromatic heterocycles. The van der Waals surface area contributed by atoms with Gasteiger partial charge in [0.05, 0.1) is 17.7 Å². The Hall–Kier alpha value is -1.72. The molecule has 1 aromatic carbocycles. The molecule has 0 aliphatic heterocycles. The molecule has 88 valence electrons. The van der Waals surface area contributed by atoms with Gasteiger partial charge in [-0.1, -0.05) is 0 Å². The fourth-order valence-electron chi connectivity index (χ4n) is 1.10. The van der Waals surface area contributed by atoms with Gasteiger partial charge in [-0.25, -0.2) is 4.79 Å². The number of esters is 1. The fraction of sp³-hybridized carbons (Fsp3) is 0.300. The average Bonchev–Trinajstić information content (AvgIpc) is 2.16. The van der Waals surface area contributed by atoms with Crippen molar-refractivity contribution in [1.82, 2.24) is 0 Å². The highest BCUT2D eigenvalue weighted by molar-refractivity contribution is 5.89. The van der Waals surface area contributed by atoms with Gasteiger partial charge < -0.3 is 9.84 Å². The molecular weight excluding hydrogens is 225 g/mol. The van der Waals surface area contributed by atoms with Crippen molar-refractivity contribution < 1.29 is 27.8 Å². The van der Waals surface area contributed by atoms with E-state index in [1.807, 2.05) is 0 Å². The molecule has 0 amide bonds. The summed E-state index contributed by atoms with van der Waals surface area (Å²) in [5.74, 6) is -1.77. The van der Waals surface area contributed by atoms with Crippen LogP contribution >= 0.6 is 0 Å². The number of alkyl halides is 3. The zero-order valence-corrected chi connectivity index (χ0v) is 8.34. The average molecular weight is 234 g/mol. The quantitative estimate of drug-likeness (QED) is 0.800. The summed E-state index contributed by atoms with van der Waals surface area (Å²) in [6, 6.07) is 2.45. The third-order valence-electron chi connectivity index (χ3n) is 1.81. The molecule has 3 nitrogen and oxygen atoms in total. The number of carbonyl (C=O) groups is 1. The molecule has 6 heteroatoms. The van der Waals surface area contributed by atoms with Crippen LogP contribution in [0.1, 0.15) is 22.8 Å². The van der Waals surface area contributed by atoms with Gasteiger partial charge in [-0.15, -0.1) is 0 Å². The molecule has 0 radical (unpaired) electrons. The number of ether oxygens (including phenoxy) is 1. The first kappa shape index (κ1) is 12.4. The van der Waals surface area contributed by atoms with Crippen LogP contribution in [0.2, 0.25) is 0 Å². The van der Waals surface area contributed by atoms with Gasteiger partial charge in [0, 0.05) is 0 Å². The lowest BCUT2D eigenvalue weighted by Crippen LogP contribution is -2.09. The highest BCUT2D eigenvalue weighted by Crippen LogP contribution is 2.36. The third kappa shape index (κ3) is 2.65. The lowest BCUT2D eigenvalue weighted by Gasteiger charge is -2.10. The number of rotatable bonds is 2. The highest BCUT2D eigenvalue weighted by atomic mass is 19.4. The van der Waals surface area contributed by atoms with Gasteiger partial charge in [-0.05, 0) is 25.1 Å². The Morgan fingerprint density at radius 2 is 2.06 bits per heavy atom. The van der Waals surface area contributed by atoms with Crippen LogP contribution in [-0.2, 0) is 10.9 Å². The minimum absolute atomic E-state index is 0.0705. The van der Waals surface area contributed by atoms with E-state index in [0.717, 1.165) is 12.1 Å². The van der Waals surface area contributed by atoms with Crippen molar-refractivity contribution in [2.75, 3.05) is 6.61 Å². The summed E-state index contributed by atoms with van der Waals surface area (Å²) < 4.78 is 41.6. The number of halogens is 3. The Morgan fingerprint density at radius 1 is 1.44 bits per heavy atom. The normalized spacial score (nSPS) is 11.2. The first-order valence-corrected chi connectivity index (χ1v) is 4.43. The molecule has 0 saturated heterocycles. The number of benzene rings is 1. The zero-order chi connectivity index (χ0) is 12.3. The standard InChI is InChI=1S/C10H9F3O3/c1-2-16-9(15)6-3-4-8(14)7(5-6)10(11,12)13/h3-5,14H,2H2,1H3. The van der Waals surface area contributed by atoms with Gasteiger partial charge in [0.15, 0.2) is 0 Å². The van der Waals surface area contributed by atoms with Crippen molar-refractivity contribution in [2.45, 2.75) is 13.1 Å². The van der Waals surface area contributed by atoms with Gasteiger partial charge in [0.2, 0.25) is 0 Å². The van der Waals surface area contributed by atoms with Crippen LogP contribution < -0.4 is 0 Å². The molecule has 16 heavy (non-hydrogen) atoms. The summed E-state index contributed by atoms with van der Waals surface area (Å²) in [5.41, 5.74) is -1.50. The van der Waals surface area contributed by atoms with Gasteiger partial charge in [0.1, 0.15) is 5.75 Å². The lowest BCUT2D eigenvalue weighted by molar-refractivity contribution is -0.138. The summed E-state index contributed by atoms with van der Waals surface area (Å²) in [4.78, 5) is 11.2. The van der Waals surface area contributed by atoms with Crippen LogP contribution in [0.15, 0.2) is 18.2 Å². The molecule has 0 fully saturated rings. The second-order valence-electron chi connectivity index (χ2n) is 2.95. The third-order valence-corrected chi connectivity index (χ3v) is 1.81. The second-order valence-corrected chi connectivity index (χ2v) is 2.95. The molecule has 1 N–H and O–H groups in total. The van der Waals surface area contributed by atoms with Crippen LogP contribution in [-0.4, -0.2) is 17.7 Å². The van der Waals surface area contributed by atoms with E-state index >= 15 is 0 Å². The molecule has 0 aliphatic rings. The molecule has 0 saturated carbocycles. The van der Waals surface area contributed by atoms with E-state index in [2.05, 4.69) is 4.74 Å². The maximum atomic E-state index is 12.4. The van der Waals surface area contributed by atoms with Gasteiger partial charge in [-0.2, -0.15) is 13.2 Å². The van der Waals surface area contributed by atoms with Crippen molar-refractivity contribution in [3.63, 3.8) is 0 Å². The number of phenols is 1. The summed E-state index contributed by atoms with van der Waals surface area (Å²) >= 11 is 0. The van der Waals surface area contributed by atoms with E-state index in [1.165, 1.54) is 0 Å². The minimum Gasteiger partial charge on any atom is -0.507 e. The number of hydrogen-bond donors (Lipinski definition) is 1. The number of hydrogen-bond acceptors (Lipinski definition) is 3. The Labute approximate surface area is 89.5 Å². The maximum Gasteiger partial charge on any atom is 0.419 e. The zero-order valence-electron chi connectivity index (χ0n) is 8.34. The van der Waals surface area contributed by atoms with Crippen molar-refractivity contribution >= 4 is 5.97 Å². The van der Waals surface area contributed by atoms with Crippen LogP contribution in [0, 0.1) is 0 Å². The number of carbonyl (C=O) groups excluding carboxylic acids is 1. The minimum atomic E-state index is -4.70. The first-order valence-electron chi connectivity index (χ1n) is 4.43. The van der Waals surface area contributed by atoms with Crippen molar-refractivity contribution in [3.8, 4) is 5.75 Å². The first-order chi connectivity index (χ1) is 7.36. The van der Waals surface area contributed by atoms with E-state index in [0.29, 0.717) is 6.07 Å². The van der Waals surface area contributed by atoms with Crippen molar-refractivity contribution in [2.24, 2.45) is 0 Å². The van der Waals surface area contributed by atoms with Crippen molar-refractivity contribution in [3.05, 3.63) is 29.3 Å². The van der Waals surface area contributed by atoms with Gasteiger partial charge in [-0.3, -0.25) is 0 Å². The summed E-state index contributed by atoms with van der Waals surface area (Å²) in [6.45, 7) is 1.62. The highest BCUT2D eigenvalue weighted by Gasteiger charge is 2.34. The van der Waals surface area contributed by atoms with Gasteiger partial charge >= 0.3 is 12.1 Å². The van der Waals surface area contributed by atoms with E-state index in [4.69, 9.17) is 5.11 Å². The summed E-state index contributed by atoms with van der Waals surface area (Å²) in [7, 11) is 0. The summed E-state index contributed by atoms with van der Waals surface area (Å²) in [6.07, 6.45) is -4.70. The predicted molar refractivity (Wildman–Crippen MR) is 49.1 cm³/mol. The smallest absolute Gasteiger partial charge is 0.419 e. The fourth-order valence-corrected chi connectivity index (χ4v) is 1.10. The molecule has 0 bridgehead atoms. The van der Waals surface area contributed by atoms with Crippen molar-refractivity contribution in [1.29, 1.82) is 0 Å². The van der Waals surface area contributed by atoms with Crippen LogP contribution in [0.3, 0.4) is 0 Å². The monoisotopic (exact) mass is 234 g/mol. The Kier molecular flexibility index (Phi) is 3.41. The lowest BCUT2D eigenvalue weighted by atomic mass is 10.1. The van der Waals surface area contributed by atoms with Crippen LogP contribution in [0.4, 0.5) is 13.2 Å². The van der Waals surface area contributed by atoms with E-state index in [-0.39, 0.29) is 12.2 Å². The van der Waals surface area contributed by atoms with Crippen LogP contribution in [0.5, 0.6) is 5.75 Å². The number of phenolic OH excluding ortho intramolecular Hbond substituents is 1. The maximum absolute atomic E-state index is 12.4. The molecule has 0 heterocycles. The second kappa shape index (κ2) is 4.42. The molecule has 0 aliphatic carbocycles. The molecule has 0 unspecified atom stereocenters. The number of aromatic hydroxyl groups is 1. The molecule has 1 rings (SSSR count). The largest absolute Gasteiger partial charge is 0.507 e. The van der Waals surface area contributed by atoms with E-state index in [9.17, 15) is 18.0 Å². The summed E-state index contributed by atoms with van der Waals surface area (Å²) in [5, 5.41) is 9.01. The molecule has 0 spiro atoms.